The molecule has 0 rings (SSSR count). The smallest absolute Gasteiger partial charge is 0.310 e. The van der Waals surface area contributed by atoms with Gasteiger partial charge in [-0.2, -0.15) is 0 Å². The zero-order valence-electron chi connectivity index (χ0n) is 44.5. The molecule has 0 amide bonds. The van der Waals surface area contributed by atoms with Crippen LogP contribution in [0, 0.1) is 0 Å². The first kappa shape index (κ1) is 64.8. The van der Waals surface area contributed by atoms with E-state index in [2.05, 4.69) is 130 Å². The summed E-state index contributed by atoms with van der Waals surface area (Å²) in [6, 6.07) is 0. The van der Waals surface area contributed by atoms with Crippen molar-refractivity contribution in [3.05, 3.63) is 122 Å². The zero-order valence-corrected chi connectivity index (χ0v) is 44.5. The van der Waals surface area contributed by atoms with Crippen LogP contribution in [0.1, 0.15) is 239 Å². The van der Waals surface area contributed by atoms with E-state index in [1.807, 2.05) is 6.08 Å². The van der Waals surface area contributed by atoms with Crippen molar-refractivity contribution < 1.29 is 28.6 Å². The first-order valence-corrected chi connectivity index (χ1v) is 28.0. The van der Waals surface area contributed by atoms with Crippen molar-refractivity contribution >= 4 is 17.9 Å². The van der Waals surface area contributed by atoms with Crippen LogP contribution in [0.5, 0.6) is 0 Å². The van der Waals surface area contributed by atoms with Gasteiger partial charge in [0, 0.05) is 12.8 Å². The highest BCUT2D eigenvalue weighted by Crippen LogP contribution is 2.14. The largest absolute Gasteiger partial charge is 0.462 e. The lowest BCUT2D eigenvalue weighted by molar-refractivity contribution is -0.166. The minimum atomic E-state index is -0.833. The molecular formula is C63H102O6. The topological polar surface area (TPSA) is 78.9 Å². The van der Waals surface area contributed by atoms with E-state index in [0.717, 1.165) is 103 Å². The average Bonchev–Trinajstić information content (AvgIpc) is 3.35. The highest BCUT2D eigenvalue weighted by Gasteiger charge is 2.19. The molecule has 1 unspecified atom stereocenters. The van der Waals surface area contributed by atoms with Crippen LogP contribution in [0.3, 0.4) is 0 Å². The zero-order chi connectivity index (χ0) is 50.0. The Labute approximate surface area is 424 Å². The highest BCUT2D eigenvalue weighted by atomic mass is 16.6. The number of unbranched alkanes of at least 4 members (excludes halogenated alkanes) is 19. The van der Waals surface area contributed by atoms with E-state index >= 15 is 0 Å². The Morgan fingerprint density at radius 3 is 0.957 bits per heavy atom. The lowest BCUT2D eigenvalue weighted by atomic mass is 10.0. The van der Waals surface area contributed by atoms with Crippen molar-refractivity contribution in [2.45, 2.75) is 245 Å². The lowest BCUT2D eigenvalue weighted by Gasteiger charge is -2.18. The minimum absolute atomic E-state index is 0.0940. The Balaban J connectivity index is 4.30. The quantitative estimate of drug-likeness (QED) is 0.0262. The highest BCUT2D eigenvalue weighted by molar-refractivity contribution is 5.72. The second kappa shape index (κ2) is 56.4. The van der Waals surface area contributed by atoms with Crippen LogP contribution in [0.25, 0.3) is 0 Å². The van der Waals surface area contributed by atoms with Crippen LogP contribution in [0.2, 0.25) is 0 Å². The van der Waals surface area contributed by atoms with Gasteiger partial charge < -0.3 is 14.2 Å². The Morgan fingerprint density at radius 1 is 0.319 bits per heavy atom. The molecule has 0 N–H and O–H groups in total. The van der Waals surface area contributed by atoms with Crippen molar-refractivity contribution in [2.24, 2.45) is 0 Å². The van der Waals surface area contributed by atoms with Gasteiger partial charge in [0.25, 0.3) is 0 Å². The van der Waals surface area contributed by atoms with E-state index in [-0.39, 0.29) is 31.6 Å². The van der Waals surface area contributed by atoms with Gasteiger partial charge in [-0.1, -0.05) is 251 Å². The minimum Gasteiger partial charge on any atom is -0.462 e. The van der Waals surface area contributed by atoms with Gasteiger partial charge in [-0.3, -0.25) is 14.4 Å². The molecule has 390 valence electrons. The van der Waals surface area contributed by atoms with Gasteiger partial charge in [0.15, 0.2) is 6.10 Å². The molecule has 0 aromatic heterocycles. The second-order valence-electron chi connectivity index (χ2n) is 18.1. The third-order valence-corrected chi connectivity index (χ3v) is 11.5. The van der Waals surface area contributed by atoms with Gasteiger partial charge in [-0.15, -0.1) is 0 Å². The maximum absolute atomic E-state index is 12.7. The van der Waals surface area contributed by atoms with Crippen molar-refractivity contribution in [1.29, 1.82) is 0 Å². The van der Waals surface area contributed by atoms with Gasteiger partial charge >= 0.3 is 17.9 Å². The lowest BCUT2D eigenvalue weighted by Crippen LogP contribution is -2.30. The number of hydrogen-bond donors (Lipinski definition) is 0. The van der Waals surface area contributed by atoms with E-state index in [9.17, 15) is 14.4 Å². The summed E-state index contributed by atoms with van der Waals surface area (Å²) in [6.45, 7) is 6.30. The SMILES string of the molecule is CC/C=C\C/C=C\C/C=C\C/C=C\C/C=C\CCCCCCCCCCCCCC(=O)OCC(COC(=O)CCCCCCCCCCC)OC(=O)C/C=C\C/C=C\C/C=C\C/C=C\C/C=C\CC. The molecule has 0 aliphatic carbocycles. The summed E-state index contributed by atoms with van der Waals surface area (Å²) in [5, 5.41) is 0. The second-order valence-corrected chi connectivity index (χ2v) is 18.1. The van der Waals surface area contributed by atoms with Crippen LogP contribution >= 0.6 is 0 Å². The Bertz CT molecular complexity index is 1470. The van der Waals surface area contributed by atoms with Gasteiger partial charge in [-0.25, -0.2) is 0 Å². The predicted octanol–water partition coefficient (Wildman–Crippen LogP) is 18.9. The molecule has 1 atom stereocenters. The summed E-state index contributed by atoms with van der Waals surface area (Å²) in [4.78, 5) is 37.9. The molecule has 0 aromatic carbocycles. The molecular weight excluding hydrogens is 853 g/mol. The van der Waals surface area contributed by atoms with Crippen LogP contribution in [0.4, 0.5) is 0 Å². The van der Waals surface area contributed by atoms with Crippen molar-refractivity contribution in [3.63, 3.8) is 0 Å². The van der Waals surface area contributed by atoms with Crippen LogP contribution in [-0.4, -0.2) is 37.2 Å². The molecule has 69 heavy (non-hydrogen) atoms. The number of carbonyl (C=O) groups excluding carboxylic acids is 3. The Kier molecular flexibility index (Phi) is 53.0. The molecule has 6 heteroatoms. The summed E-state index contributed by atoms with van der Waals surface area (Å²) in [7, 11) is 0. The van der Waals surface area contributed by atoms with Crippen molar-refractivity contribution in [1.82, 2.24) is 0 Å². The molecule has 0 fully saturated rings. The van der Waals surface area contributed by atoms with Crippen molar-refractivity contribution in [3.8, 4) is 0 Å². The summed E-state index contributed by atoms with van der Waals surface area (Å²) < 4.78 is 16.7. The number of esters is 3. The number of hydrogen-bond acceptors (Lipinski definition) is 6. The molecule has 0 saturated heterocycles. The molecule has 6 nitrogen and oxygen atoms in total. The number of ether oxygens (including phenoxy) is 3. The maximum Gasteiger partial charge on any atom is 0.310 e. The van der Waals surface area contributed by atoms with E-state index in [4.69, 9.17) is 14.2 Å². The normalized spacial score (nSPS) is 13.0. The summed E-state index contributed by atoms with van der Waals surface area (Å²) in [5.74, 6) is -1.06. The average molecular weight is 956 g/mol. The van der Waals surface area contributed by atoms with E-state index < -0.39 is 12.1 Å². The summed E-state index contributed by atoms with van der Waals surface area (Å²) in [6.07, 6.45) is 78.0. The third-order valence-electron chi connectivity index (χ3n) is 11.5. The molecule has 0 saturated carbocycles. The molecule has 0 aliphatic rings. The fourth-order valence-corrected chi connectivity index (χ4v) is 7.37. The van der Waals surface area contributed by atoms with Gasteiger partial charge in [0.2, 0.25) is 0 Å². The van der Waals surface area contributed by atoms with Crippen LogP contribution in [0.15, 0.2) is 122 Å². The van der Waals surface area contributed by atoms with E-state index in [0.29, 0.717) is 12.8 Å². The number of allylic oxidation sites excluding steroid dienone is 19. The summed E-state index contributed by atoms with van der Waals surface area (Å²) in [5.41, 5.74) is 0. The molecule has 0 aromatic rings. The van der Waals surface area contributed by atoms with Crippen LogP contribution in [-0.2, 0) is 28.6 Å². The number of rotatable bonds is 49. The molecule has 0 radical (unpaired) electrons. The maximum atomic E-state index is 12.7. The molecule has 0 spiro atoms. The first-order chi connectivity index (χ1) is 34.0. The first-order valence-electron chi connectivity index (χ1n) is 28.0. The summed E-state index contributed by atoms with van der Waals surface area (Å²) >= 11 is 0. The van der Waals surface area contributed by atoms with Crippen molar-refractivity contribution in [2.75, 3.05) is 13.2 Å². The molecule has 0 bridgehead atoms. The standard InChI is InChI=1S/C63H102O6/c1-4-7-10-13-16-19-21-23-25-26-27-28-29-30-31-32-33-34-35-36-38-39-41-44-47-50-53-56-62(65)68-59-60(58-67-61(64)55-52-49-46-43-18-15-12-9-6-3)69-63(66)57-54-51-48-45-42-40-37-24-22-20-17-14-11-8-5-2/h7-8,10-11,16-17,19-20,23-25,27-28,30-31,37,42,45,51,54,60H,4-6,9,12-15,18,21-22,26,29,32-36,38-41,43-44,46-50,52-53,55-59H2,1-3H3/b10-7-,11-8-,19-16-,20-17-,25-23-,28-27-,31-30-,37-24-,45-42-,54-51-. The fourth-order valence-electron chi connectivity index (χ4n) is 7.37. The predicted molar refractivity (Wildman–Crippen MR) is 297 cm³/mol. The fraction of sp³-hybridized carbons (Fsp3) is 0.635. The molecule has 0 aliphatic heterocycles. The van der Waals surface area contributed by atoms with Gasteiger partial charge in [0.05, 0.1) is 6.42 Å². The molecule has 0 heterocycles. The Hall–Kier alpha value is -4.19. The monoisotopic (exact) mass is 955 g/mol. The van der Waals surface area contributed by atoms with Gasteiger partial charge in [-0.05, 0) is 89.9 Å². The number of carbonyl (C=O) groups is 3. The van der Waals surface area contributed by atoms with E-state index in [1.165, 1.54) is 96.3 Å². The van der Waals surface area contributed by atoms with Crippen LogP contribution < -0.4 is 0 Å². The van der Waals surface area contributed by atoms with Gasteiger partial charge in [0.1, 0.15) is 13.2 Å². The third kappa shape index (κ3) is 54.6. The Morgan fingerprint density at radius 2 is 0.609 bits per heavy atom. The van der Waals surface area contributed by atoms with E-state index in [1.54, 1.807) is 6.08 Å².